The average Bonchev–Trinajstić information content (AvgIpc) is 2.46. The molecule has 8 heteroatoms. The molecule has 0 amide bonds. The number of nitrogens with zero attached hydrogens (tertiary/aromatic N) is 2. The number of piperidine rings is 1. The van der Waals surface area contributed by atoms with E-state index in [1.165, 1.54) is 22.8 Å². The SMILES string of the molecule is Nc1ccncc1S(=O)(=O)N1CCC(OCCO)CC1. The molecule has 3 N–H and O–H groups in total. The lowest BCUT2D eigenvalue weighted by Gasteiger charge is -2.31. The van der Waals surface area contributed by atoms with Crippen LogP contribution in [0.5, 0.6) is 0 Å². The molecule has 0 bridgehead atoms. The van der Waals surface area contributed by atoms with E-state index < -0.39 is 10.0 Å². The van der Waals surface area contributed by atoms with Gasteiger partial charge in [0.2, 0.25) is 10.0 Å². The van der Waals surface area contributed by atoms with Crippen molar-refractivity contribution in [2.45, 2.75) is 23.8 Å². The number of nitrogen functional groups attached to an aromatic ring is 1. The predicted molar refractivity (Wildman–Crippen MR) is 73.5 cm³/mol. The van der Waals surface area contributed by atoms with Crippen LogP contribution in [0.25, 0.3) is 0 Å². The molecule has 0 aromatic carbocycles. The van der Waals surface area contributed by atoms with Gasteiger partial charge in [-0.3, -0.25) is 4.98 Å². The van der Waals surface area contributed by atoms with E-state index in [0.29, 0.717) is 25.9 Å². The van der Waals surface area contributed by atoms with Crippen LogP contribution in [0.15, 0.2) is 23.4 Å². The van der Waals surface area contributed by atoms with Crippen LogP contribution in [0.1, 0.15) is 12.8 Å². The van der Waals surface area contributed by atoms with Crippen molar-refractivity contribution >= 4 is 15.7 Å². The molecular weight excluding hydrogens is 282 g/mol. The van der Waals surface area contributed by atoms with Gasteiger partial charge in [0.15, 0.2) is 0 Å². The van der Waals surface area contributed by atoms with Gasteiger partial charge in [-0.25, -0.2) is 8.42 Å². The van der Waals surface area contributed by atoms with Crippen LogP contribution < -0.4 is 5.73 Å². The van der Waals surface area contributed by atoms with Crippen LogP contribution in [-0.2, 0) is 14.8 Å². The van der Waals surface area contributed by atoms with Gasteiger partial charge in [0.25, 0.3) is 0 Å². The fourth-order valence-corrected chi connectivity index (χ4v) is 3.73. The summed E-state index contributed by atoms with van der Waals surface area (Å²) in [4.78, 5) is 3.87. The number of ether oxygens (including phenoxy) is 1. The van der Waals surface area contributed by atoms with Crippen molar-refractivity contribution in [3.8, 4) is 0 Å². The number of nitrogens with two attached hydrogens (primary N) is 1. The summed E-state index contributed by atoms with van der Waals surface area (Å²) in [5, 5.41) is 8.71. The van der Waals surface area contributed by atoms with Gasteiger partial charge in [-0.1, -0.05) is 0 Å². The van der Waals surface area contributed by atoms with Crippen molar-refractivity contribution in [3.63, 3.8) is 0 Å². The minimum absolute atomic E-state index is 0.000143. The fraction of sp³-hybridized carbons (Fsp3) is 0.583. The number of rotatable bonds is 5. The highest BCUT2D eigenvalue weighted by Crippen LogP contribution is 2.24. The van der Waals surface area contributed by atoms with E-state index in [2.05, 4.69) is 4.98 Å². The first kappa shape index (κ1) is 15.2. The Labute approximate surface area is 118 Å². The lowest BCUT2D eigenvalue weighted by molar-refractivity contribution is 0.00319. The van der Waals surface area contributed by atoms with Crippen molar-refractivity contribution in [2.24, 2.45) is 0 Å². The highest BCUT2D eigenvalue weighted by atomic mass is 32.2. The van der Waals surface area contributed by atoms with Gasteiger partial charge in [0.1, 0.15) is 4.90 Å². The summed E-state index contributed by atoms with van der Waals surface area (Å²) < 4.78 is 31.7. The van der Waals surface area contributed by atoms with Crippen LogP contribution in [0.2, 0.25) is 0 Å². The molecule has 0 radical (unpaired) electrons. The van der Waals surface area contributed by atoms with E-state index in [1.54, 1.807) is 0 Å². The third-order valence-electron chi connectivity index (χ3n) is 3.28. The zero-order valence-electron chi connectivity index (χ0n) is 11.1. The monoisotopic (exact) mass is 301 g/mol. The van der Waals surface area contributed by atoms with Crippen LogP contribution in [-0.4, -0.2) is 55.2 Å². The van der Waals surface area contributed by atoms with Crippen LogP contribution >= 0.6 is 0 Å². The normalized spacial score (nSPS) is 18.2. The number of anilines is 1. The van der Waals surface area contributed by atoms with Crippen molar-refractivity contribution < 1.29 is 18.3 Å². The van der Waals surface area contributed by atoms with E-state index >= 15 is 0 Å². The Bertz CT molecular complexity index is 541. The molecule has 1 saturated heterocycles. The molecule has 1 aliphatic heterocycles. The Balaban J connectivity index is 2.04. The standard InChI is InChI=1S/C12H19N3O4S/c13-11-1-4-14-9-12(11)20(17,18)15-5-2-10(3-6-15)19-8-7-16/h1,4,9-10,16H,2-3,5-8H2,(H2,13,14). The summed E-state index contributed by atoms with van der Waals surface area (Å²) in [5.74, 6) is 0. The number of aliphatic hydroxyl groups is 1. The summed E-state index contributed by atoms with van der Waals surface area (Å²) in [6.07, 6.45) is 3.96. The quantitative estimate of drug-likeness (QED) is 0.782. The minimum Gasteiger partial charge on any atom is -0.398 e. The molecule has 1 aliphatic rings. The number of aromatic nitrogens is 1. The van der Waals surface area contributed by atoms with Crippen molar-refractivity contribution in [1.82, 2.24) is 9.29 Å². The second-order valence-corrected chi connectivity index (χ2v) is 6.52. The van der Waals surface area contributed by atoms with Gasteiger partial charge in [-0.2, -0.15) is 4.31 Å². The Morgan fingerprint density at radius 1 is 1.45 bits per heavy atom. The van der Waals surface area contributed by atoms with Crippen molar-refractivity contribution in [2.75, 3.05) is 32.0 Å². The summed E-state index contributed by atoms with van der Waals surface area (Å²) in [5.41, 5.74) is 5.92. The smallest absolute Gasteiger partial charge is 0.246 e. The Hall–Kier alpha value is -1.22. The summed E-state index contributed by atoms with van der Waals surface area (Å²) in [6, 6.07) is 1.48. The Kier molecular flexibility index (Phi) is 4.92. The second kappa shape index (κ2) is 6.49. The van der Waals surface area contributed by atoms with E-state index in [9.17, 15) is 8.42 Å². The number of aliphatic hydroxyl groups excluding tert-OH is 1. The summed E-state index contributed by atoms with van der Waals surface area (Å²) in [6.45, 7) is 1.03. The summed E-state index contributed by atoms with van der Waals surface area (Å²) in [7, 11) is -3.60. The number of pyridine rings is 1. The van der Waals surface area contributed by atoms with Crippen molar-refractivity contribution in [1.29, 1.82) is 0 Å². The first-order valence-electron chi connectivity index (χ1n) is 6.48. The molecular formula is C12H19N3O4S. The molecule has 2 rings (SSSR count). The zero-order valence-corrected chi connectivity index (χ0v) is 11.9. The van der Waals surface area contributed by atoms with E-state index in [1.807, 2.05) is 0 Å². The molecule has 1 aromatic rings. The topological polar surface area (TPSA) is 106 Å². The van der Waals surface area contributed by atoms with Gasteiger partial charge in [0.05, 0.1) is 25.0 Å². The predicted octanol–water partition coefficient (Wildman–Crippen LogP) is -0.174. The molecule has 0 unspecified atom stereocenters. The van der Waals surface area contributed by atoms with E-state index in [4.69, 9.17) is 15.6 Å². The maximum absolute atomic E-state index is 12.5. The lowest BCUT2D eigenvalue weighted by atomic mass is 10.1. The molecule has 1 aromatic heterocycles. The van der Waals surface area contributed by atoms with Gasteiger partial charge < -0.3 is 15.6 Å². The molecule has 7 nitrogen and oxygen atoms in total. The van der Waals surface area contributed by atoms with E-state index in [-0.39, 0.29) is 29.9 Å². The third-order valence-corrected chi connectivity index (χ3v) is 5.22. The average molecular weight is 301 g/mol. The highest BCUT2D eigenvalue weighted by molar-refractivity contribution is 7.89. The number of sulfonamides is 1. The first-order valence-corrected chi connectivity index (χ1v) is 7.92. The minimum atomic E-state index is -3.60. The highest BCUT2D eigenvalue weighted by Gasteiger charge is 2.31. The summed E-state index contributed by atoms with van der Waals surface area (Å²) >= 11 is 0. The molecule has 1 fully saturated rings. The van der Waals surface area contributed by atoms with Gasteiger partial charge in [-0.05, 0) is 18.9 Å². The number of hydrogen-bond acceptors (Lipinski definition) is 6. The Morgan fingerprint density at radius 2 is 2.15 bits per heavy atom. The third kappa shape index (κ3) is 3.26. The maximum Gasteiger partial charge on any atom is 0.246 e. The van der Waals surface area contributed by atoms with Crippen LogP contribution in [0.4, 0.5) is 5.69 Å². The Morgan fingerprint density at radius 3 is 2.75 bits per heavy atom. The fourth-order valence-electron chi connectivity index (χ4n) is 2.20. The number of hydrogen-bond donors (Lipinski definition) is 2. The lowest BCUT2D eigenvalue weighted by Crippen LogP contribution is -2.41. The van der Waals surface area contributed by atoms with Crippen LogP contribution in [0.3, 0.4) is 0 Å². The van der Waals surface area contributed by atoms with Gasteiger partial charge >= 0.3 is 0 Å². The molecule has 0 atom stereocenters. The largest absolute Gasteiger partial charge is 0.398 e. The molecule has 20 heavy (non-hydrogen) atoms. The zero-order chi connectivity index (χ0) is 14.6. The van der Waals surface area contributed by atoms with Gasteiger partial charge in [0, 0.05) is 25.5 Å². The molecule has 0 saturated carbocycles. The van der Waals surface area contributed by atoms with Gasteiger partial charge in [-0.15, -0.1) is 0 Å². The first-order chi connectivity index (χ1) is 9.55. The van der Waals surface area contributed by atoms with Crippen LogP contribution in [0, 0.1) is 0 Å². The maximum atomic E-state index is 12.5. The van der Waals surface area contributed by atoms with Crippen molar-refractivity contribution in [3.05, 3.63) is 18.5 Å². The molecule has 112 valence electrons. The van der Waals surface area contributed by atoms with E-state index in [0.717, 1.165) is 0 Å². The molecule has 0 aliphatic carbocycles. The molecule has 2 heterocycles. The molecule has 0 spiro atoms. The second-order valence-electron chi connectivity index (χ2n) is 4.61.